The van der Waals surface area contributed by atoms with Crippen LogP contribution in [0.25, 0.3) is 0 Å². The van der Waals surface area contributed by atoms with Crippen molar-refractivity contribution in [2.75, 3.05) is 11.9 Å². The highest BCUT2D eigenvalue weighted by molar-refractivity contribution is 5.91. The maximum absolute atomic E-state index is 12.4. The Balaban J connectivity index is 1.74. The van der Waals surface area contributed by atoms with Gasteiger partial charge in [0.05, 0.1) is 0 Å². The van der Waals surface area contributed by atoms with Crippen molar-refractivity contribution >= 4 is 17.6 Å². The Morgan fingerprint density at radius 3 is 2.84 bits per heavy atom. The van der Waals surface area contributed by atoms with Crippen molar-refractivity contribution in [3.63, 3.8) is 0 Å². The van der Waals surface area contributed by atoms with Crippen molar-refractivity contribution in [3.8, 4) is 0 Å². The number of carbonyl (C=O) groups excluding carboxylic acids is 1. The number of carbonyl (C=O) groups is 2. The molecule has 0 aliphatic carbocycles. The molecule has 0 unspecified atom stereocenters. The van der Waals surface area contributed by atoms with Gasteiger partial charge in [-0.3, -0.25) is 4.79 Å². The van der Waals surface area contributed by atoms with Crippen molar-refractivity contribution in [2.45, 2.75) is 31.3 Å². The molecule has 1 aromatic rings. The maximum Gasteiger partial charge on any atom is 0.326 e. The lowest BCUT2D eigenvalue weighted by molar-refractivity contribution is -0.148. The number of amides is 1. The van der Waals surface area contributed by atoms with Crippen molar-refractivity contribution in [3.05, 3.63) is 29.8 Å². The molecule has 2 N–H and O–H groups in total. The van der Waals surface area contributed by atoms with Gasteiger partial charge in [-0.2, -0.15) is 0 Å². The summed E-state index contributed by atoms with van der Waals surface area (Å²) in [5.74, 6) is -0.998. The molecule has 2 aliphatic heterocycles. The summed E-state index contributed by atoms with van der Waals surface area (Å²) in [5.41, 5.74) is 2.10. The molecule has 0 spiro atoms. The number of benzene rings is 1. The van der Waals surface area contributed by atoms with E-state index in [9.17, 15) is 9.59 Å². The fourth-order valence-corrected chi connectivity index (χ4v) is 2.93. The van der Waals surface area contributed by atoms with E-state index < -0.39 is 12.0 Å². The van der Waals surface area contributed by atoms with Crippen molar-refractivity contribution in [1.29, 1.82) is 0 Å². The van der Waals surface area contributed by atoms with E-state index in [1.807, 2.05) is 24.3 Å². The zero-order chi connectivity index (χ0) is 13.4. The molecule has 0 saturated carbocycles. The quantitative estimate of drug-likeness (QED) is 0.835. The number of hydrogen-bond donors (Lipinski definition) is 2. The average Bonchev–Trinajstić information content (AvgIpc) is 3.04. The van der Waals surface area contributed by atoms with E-state index >= 15 is 0 Å². The Hall–Kier alpha value is -2.04. The molecule has 19 heavy (non-hydrogen) atoms. The number of aliphatic carboxylic acids is 1. The largest absolute Gasteiger partial charge is 0.480 e. The molecule has 2 aliphatic rings. The summed E-state index contributed by atoms with van der Waals surface area (Å²) < 4.78 is 0. The highest BCUT2D eigenvalue weighted by atomic mass is 16.4. The number of nitrogens with one attached hydrogen (secondary N) is 1. The molecule has 2 atom stereocenters. The van der Waals surface area contributed by atoms with E-state index in [-0.39, 0.29) is 11.9 Å². The van der Waals surface area contributed by atoms with Gasteiger partial charge in [-0.25, -0.2) is 4.79 Å². The van der Waals surface area contributed by atoms with Gasteiger partial charge in [-0.1, -0.05) is 18.2 Å². The van der Waals surface area contributed by atoms with Gasteiger partial charge in [0.1, 0.15) is 12.1 Å². The molecule has 5 nitrogen and oxygen atoms in total. The minimum absolute atomic E-state index is 0.0962. The van der Waals surface area contributed by atoms with E-state index in [2.05, 4.69) is 5.32 Å². The van der Waals surface area contributed by atoms with Crippen LogP contribution in [-0.2, 0) is 16.0 Å². The molecule has 0 bridgehead atoms. The summed E-state index contributed by atoms with van der Waals surface area (Å²) >= 11 is 0. The number of carboxylic acids is 1. The molecule has 2 heterocycles. The number of nitrogens with zero attached hydrogens (tertiary/aromatic N) is 1. The van der Waals surface area contributed by atoms with E-state index in [0.29, 0.717) is 19.4 Å². The molecule has 5 heteroatoms. The fraction of sp³-hybridized carbons (Fsp3) is 0.429. The standard InChI is InChI=1S/C14H16N2O3/c17-13(16-7-3-6-12(16)14(18)19)11-8-9-4-1-2-5-10(9)15-11/h1-2,4-5,11-12,15H,3,6-8H2,(H,18,19)/t11-,12-/m0/s1. The lowest BCUT2D eigenvalue weighted by Crippen LogP contribution is -2.47. The molecule has 0 radical (unpaired) electrons. The maximum atomic E-state index is 12.4. The molecule has 1 aromatic carbocycles. The van der Waals surface area contributed by atoms with Crippen LogP contribution in [0.4, 0.5) is 5.69 Å². The lowest BCUT2D eigenvalue weighted by atomic mass is 10.1. The van der Waals surface area contributed by atoms with Gasteiger partial charge in [0.15, 0.2) is 0 Å². The Labute approximate surface area is 111 Å². The predicted octanol–water partition coefficient (Wildman–Crippen LogP) is 1.10. The first-order chi connectivity index (χ1) is 9.16. The Bertz CT molecular complexity index is 504. The fourth-order valence-electron chi connectivity index (χ4n) is 2.93. The Morgan fingerprint density at radius 1 is 1.32 bits per heavy atom. The first-order valence-corrected chi connectivity index (χ1v) is 6.54. The summed E-state index contributed by atoms with van der Waals surface area (Å²) in [4.78, 5) is 25.1. The molecule has 1 fully saturated rings. The summed E-state index contributed by atoms with van der Waals surface area (Å²) in [6.45, 7) is 0.546. The van der Waals surface area contributed by atoms with Crippen molar-refractivity contribution in [1.82, 2.24) is 4.90 Å². The van der Waals surface area contributed by atoms with Gasteiger partial charge in [0.2, 0.25) is 5.91 Å². The molecule has 3 rings (SSSR count). The monoisotopic (exact) mass is 260 g/mol. The summed E-state index contributed by atoms with van der Waals surface area (Å²) in [6.07, 6.45) is 1.96. The number of fused-ring (bicyclic) bond motifs is 1. The van der Waals surface area contributed by atoms with Gasteiger partial charge in [-0.05, 0) is 24.5 Å². The second-order valence-electron chi connectivity index (χ2n) is 5.09. The van der Waals surface area contributed by atoms with Gasteiger partial charge >= 0.3 is 5.97 Å². The van der Waals surface area contributed by atoms with Crippen LogP contribution in [0.3, 0.4) is 0 Å². The van der Waals surface area contributed by atoms with E-state index in [1.165, 1.54) is 4.90 Å². The smallest absolute Gasteiger partial charge is 0.326 e. The number of hydrogen-bond acceptors (Lipinski definition) is 3. The molecule has 0 aromatic heterocycles. The van der Waals surface area contributed by atoms with E-state index in [0.717, 1.165) is 17.7 Å². The first-order valence-electron chi connectivity index (χ1n) is 6.54. The van der Waals surface area contributed by atoms with Crippen LogP contribution >= 0.6 is 0 Å². The zero-order valence-electron chi connectivity index (χ0n) is 10.5. The zero-order valence-corrected chi connectivity index (χ0v) is 10.5. The minimum atomic E-state index is -0.902. The van der Waals surface area contributed by atoms with Gasteiger partial charge in [-0.15, -0.1) is 0 Å². The van der Waals surface area contributed by atoms with Gasteiger partial charge in [0, 0.05) is 18.7 Å². The third-order valence-electron chi connectivity index (χ3n) is 3.89. The highest BCUT2D eigenvalue weighted by Gasteiger charge is 2.38. The Morgan fingerprint density at radius 2 is 2.11 bits per heavy atom. The molecule has 100 valence electrons. The van der Waals surface area contributed by atoms with Gasteiger partial charge in [0.25, 0.3) is 0 Å². The number of para-hydroxylation sites is 1. The first kappa shape index (κ1) is 12.0. The summed E-state index contributed by atoms with van der Waals surface area (Å²) in [6, 6.07) is 6.84. The highest BCUT2D eigenvalue weighted by Crippen LogP contribution is 2.28. The van der Waals surface area contributed by atoms with Crippen molar-refractivity contribution < 1.29 is 14.7 Å². The van der Waals surface area contributed by atoms with Crippen LogP contribution in [0.5, 0.6) is 0 Å². The van der Waals surface area contributed by atoms with E-state index in [1.54, 1.807) is 0 Å². The minimum Gasteiger partial charge on any atom is -0.480 e. The van der Waals surface area contributed by atoms with Crippen LogP contribution in [0.1, 0.15) is 18.4 Å². The Kier molecular flexibility index (Phi) is 2.89. The number of likely N-dealkylation sites (tertiary alicyclic amines) is 1. The second-order valence-corrected chi connectivity index (χ2v) is 5.09. The second kappa shape index (κ2) is 4.57. The van der Waals surface area contributed by atoms with Crippen LogP contribution in [0, 0.1) is 0 Å². The molecule has 1 saturated heterocycles. The van der Waals surface area contributed by atoms with Crippen LogP contribution in [-0.4, -0.2) is 40.5 Å². The van der Waals surface area contributed by atoms with Crippen LogP contribution in [0.15, 0.2) is 24.3 Å². The topological polar surface area (TPSA) is 69.6 Å². The molecular formula is C14H16N2O3. The summed E-state index contributed by atoms with van der Waals surface area (Å²) in [7, 11) is 0. The summed E-state index contributed by atoms with van der Waals surface area (Å²) in [5, 5.41) is 12.3. The lowest BCUT2D eigenvalue weighted by Gasteiger charge is -2.24. The van der Waals surface area contributed by atoms with Gasteiger partial charge < -0.3 is 15.3 Å². The van der Waals surface area contributed by atoms with Crippen molar-refractivity contribution in [2.24, 2.45) is 0 Å². The predicted molar refractivity (Wildman–Crippen MR) is 69.9 cm³/mol. The number of anilines is 1. The number of carboxylic acid groups (broad SMARTS) is 1. The third-order valence-corrected chi connectivity index (χ3v) is 3.89. The number of rotatable bonds is 2. The normalized spacial score (nSPS) is 24.9. The molecular weight excluding hydrogens is 244 g/mol. The SMILES string of the molecule is O=C(O)[C@@H]1CCCN1C(=O)[C@@H]1Cc2ccccc2N1. The van der Waals surface area contributed by atoms with E-state index in [4.69, 9.17) is 5.11 Å². The van der Waals surface area contributed by atoms with Crippen LogP contribution in [0.2, 0.25) is 0 Å². The third kappa shape index (κ3) is 2.05. The molecule has 1 amide bonds. The van der Waals surface area contributed by atoms with Crippen LogP contribution < -0.4 is 5.32 Å². The average molecular weight is 260 g/mol.